The number of halogens is 1. The summed E-state index contributed by atoms with van der Waals surface area (Å²) in [7, 11) is -2.02. The fourth-order valence-corrected chi connectivity index (χ4v) is 5.08. The number of amides is 2. The van der Waals surface area contributed by atoms with Gasteiger partial charge in [0.1, 0.15) is 23.4 Å². The molecule has 29 heavy (non-hydrogen) atoms. The van der Waals surface area contributed by atoms with E-state index in [2.05, 4.69) is 14.8 Å². The number of urea groups is 1. The molecule has 9 nitrogen and oxygen atoms in total. The van der Waals surface area contributed by atoms with Crippen LogP contribution in [-0.2, 0) is 40.3 Å². The summed E-state index contributed by atoms with van der Waals surface area (Å²) in [5.74, 6) is 0.0781. The Hall–Kier alpha value is -2.50. The van der Waals surface area contributed by atoms with Gasteiger partial charge in [0.2, 0.25) is 5.88 Å². The van der Waals surface area contributed by atoms with Gasteiger partial charge < -0.3 is 14.8 Å². The third-order valence-corrected chi connectivity index (χ3v) is 7.06. The number of carbonyl (C=O) groups is 1. The van der Waals surface area contributed by atoms with Gasteiger partial charge in [-0.2, -0.15) is 5.10 Å². The summed E-state index contributed by atoms with van der Waals surface area (Å²) >= 11 is 0. The molecule has 11 heteroatoms. The molecule has 1 aromatic carbocycles. The number of anilines is 1. The Morgan fingerprint density at radius 3 is 2.62 bits per heavy atom. The zero-order chi connectivity index (χ0) is 20.3. The van der Waals surface area contributed by atoms with Gasteiger partial charge in [-0.25, -0.2) is 23.2 Å². The van der Waals surface area contributed by atoms with Crippen molar-refractivity contribution in [3.8, 4) is 5.88 Å². The first-order valence-electron chi connectivity index (χ1n) is 9.30. The number of methoxy groups -OCH3 is 1. The van der Waals surface area contributed by atoms with Gasteiger partial charge >= 0.3 is 6.03 Å². The molecule has 1 aromatic heterocycles. The van der Waals surface area contributed by atoms with Crippen molar-refractivity contribution in [2.75, 3.05) is 25.6 Å². The maximum Gasteiger partial charge on any atom is 0.354 e. The first kappa shape index (κ1) is 18.5. The zero-order valence-corrected chi connectivity index (χ0v) is 16.6. The summed E-state index contributed by atoms with van der Waals surface area (Å²) in [5.41, 5.74) is 3.49. The number of hydrogen-bond donors (Lipinski definition) is 2. The van der Waals surface area contributed by atoms with Crippen molar-refractivity contribution in [1.82, 2.24) is 9.78 Å². The Balaban J connectivity index is 1.44. The average molecular weight is 421 g/mol. The number of ether oxygens (including phenoxy) is 2. The summed E-state index contributed by atoms with van der Waals surface area (Å²) in [6.07, 6.45) is 4.00. The lowest BCUT2D eigenvalue weighted by Gasteiger charge is -2.32. The predicted molar refractivity (Wildman–Crippen MR) is 102 cm³/mol. The molecular formula is C18H20FN5O4S. The van der Waals surface area contributed by atoms with E-state index >= 15 is 0 Å². The normalized spacial score (nSPS) is 20.3. The molecule has 1 unspecified atom stereocenters. The van der Waals surface area contributed by atoms with Crippen LogP contribution >= 0.6 is 0 Å². The van der Waals surface area contributed by atoms with E-state index in [0.717, 1.165) is 11.1 Å². The zero-order valence-electron chi connectivity index (χ0n) is 15.7. The number of aromatic nitrogens is 2. The molecule has 2 aliphatic carbocycles. The molecule has 154 valence electrons. The van der Waals surface area contributed by atoms with Crippen molar-refractivity contribution in [3.05, 3.63) is 34.3 Å². The second-order valence-electron chi connectivity index (χ2n) is 7.37. The summed E-state index contributed by atoms with van der Waals surface area (Å²) in [4.78, 5) is 12.6. The third kappa shape index (κ3) is 2.75. The highest BCUT2D eigenvalue weighted by atomic mass is 32.2. The highest BCUT2D eigenvalue weighted by Gasteiger charge is 2.34. The molecule has 0 spiro atoms. The van der Waals surface area contributed by atoms with Gasteiger partial charge in [0.25, 0.3) is 0 Å². The molecule has 2 aromatic rings. The SMILES string of the molecule is COC[C@@H]1COc2c(S(N)(=O)=NC(=O)Nc3c4c(c(F)c5c3CC5)CC4)cnn21. The summed E-state index contributed by atoms with van der Waals surface area (Å²) in [6.45, 7) is 0.678. The molecule has 3 aliphatic rings. The molecule has 0 radical (unpaired) electrons. The summed E-state index contributed by atoms with van der Waals surface area (Å²) in [5, 5.41) is 12.7. The number of fused-ring (bicyclic) bond motifs is 3. The van der Waals surface area contributed by atoms with Crippen LogP contribution in [0, 0.1) is 5.82 Å². The topological polar surface area (TPSA) is 121 Å². The molecule has 5 rings (SSSR count). The average Bonchev–Trinajstić information content (AvgIpc) is 3.14. The van der Waals surface area contributed by atoms with Crippen LogP contribution in [-0.4, -0.2) is 40.3 Å². The van der Waals surface area contributed by atoms with E-state index in [1.807, 2.05) is 0 Å². The highest BCUT2D eigenvalue weighted by Crippen LogP contribution is 2.43. The molecule has 1 aliphatic heterocycles. The number of rotatable bonds is 4. The largest absolute Gasteiger partial charge is 0.475 e. The lowest BCUT2D eigenvalue weighted by molar-refractivity contribution is 0.145. The highest BCUT2D eigenvalue weighted by molar-refractivity contribution is 7.91. The lowest BCUT2D eigenvalue weighted by atomic mass is 9.76. The minimum absolute atomic E-state index is 0.0615. The van der Waals surface area contributed by atoms with Gasteiger partial charge in [0.15, 0.2) is 9.92 Å². The van der Waals surface area contributed by atoms with Crippen molar-refractivity contribution in [2.24, 2.45) is 9.50 Å². The Bertz CT molecular complexity index is 1130. The number of hydrogen-bond acceptors (Lipinski definition) is 5. The Kier molecular flexibility index (Phi) is 4.16. The van der Waals surface area contributed by atoms with Gasteiger partial charge in [-0.05, 0) is 47.9 Å². The van der Waals surface area contributed by atoms with Crippen LogP contribution in [0.1, 0.15) is 28.3 Å². The monoisotopic (exact) mass is 421 g/mol. The maximum atomic E-state index is 14.3. The number of nitrogens with two attached hydrogens (primary N) is 1. The predicted octanol–water partition coefficient (Wildman–Crippen LogP) is 1.73. The van der Waals surface area contributed by atoms with Gasteiger partial charge in [-0.15, -0.1) is 4.36 Å². The van der Waals surface area contributed by atoms with Crippen molar-refractivity contribution >= 4 is 21.6 Å². The minimum atomic E-state index is -3.58. The molecule has 0 fully saturated rings. The summed E-state index contributed by atoms with van der Waals surface area (Å²) in [6, 6.07) is -0.997. The Morgan fingerprint density at radius 2 is 2.03 bits per heavy atom. The van der Waals surface area contributed by atoms with Crippen molar-refractivity contribution in [1.29, 1.82) is 0 Å². The lowest BCUT2D eigenvalue weighted by Crippen LogP contribution is -2.26. The fraction of sp³-hybridized carbons (Fsp3) is 0.444. The minimum Gasteiger partial charge on any atom is -0.475 e. The van der Waals surface area contributed by atoms with Crippen molar-refractivity contribution < 1.29 is 22.9 Å². The van der Waals surface area contributed by atoms with E-state index in [4.69, 9.17) is 14.6 Å². The molecule has 0 saturated carbocycles. The van der Waals surface area contributed by atoms with Crippen LogP contribution in [0.15, 0.2) is 15.5 Å². The van der Waals surface area contributed by atoms with Gasteiger partial charge in [0, 0.05) is 12.8 Å². The van der Waals surface area contributed by atoms with E-state index in [1.54, 1.807) is 7.11 Å². The van der Waals surface area contributed by atoms with Crippen LogP contribution in [0.3, 0.4) is 0 Å². The molecular weight excluding hydrogens is 401 g/mol. The smallest absolute Gasteiger partial charge is 0.354 e. The van der Waals surface area contributed by atoms with Crippen LogP contribution < -0.4 is 15.2 Å². The number of nitrogens with one attached hydrogen (secondary N) is 1. The van der Waals surface area contributed by atoms with Gasteiger partial charge in [-0.1, -0.05) is 0 Å². The first-order valence-corrected chi connectivity index (χ1v) is 10.9. The van der Waals surface area contributed by atoms with Crippen molar-refractivity contribution in [3.63, 3.8) is 0 Å². The van der Waals surface area contributed by atoms with Crippen LogP contribution in [0.2, 0.25) is 0 Å². The van der Waals surface area contributed by atoms with Crippen molar-refractivity contribution in [2.45, 2.75) is 36.6 Å². The standard InChI is InChI=1S/C18H20FN5O4S/c1-27-7-9-8-28-17-14(6-21-24(9)17)29(20,26)23-18(25)22-16-12-4-2-10(12)15(19)11-3-5-13(11)16/h6,9H,2-5,7-8H2,1H3,(H3,20,22,23,25,26)/t9-,29?/m1/s1. The van der Waals surface area contributed by atoms with Crippen LogP contribution in [0.25, 0.3) is 0 Å². The first-order chi connectivity index (χ1) is 13.9. The Morgan fingerprint density at radius 1 is 1.38 bits per heavy atom. The third-order valence-electron chi connectivity index (χ3n) is 5.71. The molecule has 2 heterocycles. The summed E-state index contributed by atoms with van der Waals surface area (Å²) < 4.78 is 43.2. The second-order valence-corrected chi connectivity index (χ2v) is 9.13. The molecule has 3 N–H and O–H groups in total. The van der Waals surface area contributed by atoms with E-state index in [-0.39, 0.29) is 22.6 Å². The number of benzene rings is 1. The van der Waals surface area contributed by atoms with Gasteiger partial charge in [0.05, 0.1) is 12.8 Å². The van der Waals surface area contributed by atoms with Crippen LogP contribution in [0.5, 0.6) is 5.88 Å². The molecule has 0 saturated heterocycles. The number of carbonyl (C=O) groups excluding carboxylic acids is 1. The van der Waals surface area contributed by atoms with E-state index in [1.165, 1.54) is 10.9 Å². The van der Waals surface area contributed by atoms with E-state index in [0.29, 0.717) is 55.7 Å². The molecule has 0 bridgehead atoms. The molecule has 2 atom stereocenters. The molecule has 2 amide bonds. The fourth-order valence-electron chi connectivity index (χ4n) is 4.09. The van der Waals surface area contributed by atoms with Crippen LogP contribution in [0.4, 0.5) is 14.9 Å². The second kappa shape index (κ2) is 6.51. The van der Waals surface area contributed by atoms with E-state index in [9.17, 15) is 13.4 Å². The van der Waals surface area contributed by atoms with E-state index < -0.39 is 15.9 Å². The maximum absolute atomic E-state index is 14.3. The van der Waals surface area contributed by atoms with Gasteiger partial charge in [-0.3, -0.25) is 0 Å². The number of nitrogens with zero attached hydrogens (tertiary/aromatic N) is 3. The quantitative estimate of drug-likeness (QED) is 0.779. The Labute approximate surface area is 166 Å².